The van der Waals surface area contributed by atoms with Crippen molar-refractivity contribution in [2.45, 2.75) is 0 Å². The number of halogens is 2. The van der Waals surface area contributed by atoms with Crippen molar-refractivity contribution in [2.24, 2.45) is 0 Å². The molecule has 1 heterocycles. The quantitative estimate of drug-likeness (QED) is 0.183. The number of aromatic nitrogens is 3. The summed E-state index contributed by atoms with van der Waals surface area (Å²) in [5.74, 6) is 0.373. The van der Waals surface area contributed by atoms with E-state index in [1.807, 2.05) is 97.1 Å². The first-order valence-electron chi connectivity index (χ1n) is 14.0. The molecule has 0 spiro atoms. The predicted octanol–water partition coefficient (Wildman–Crippen LogP) is 7.94. The molecule has 6 aromatic carbocycles. The Morgan fingerprint density at radius 2 is 0.886 bits per heavy atom. The normalized spacial score (nSPS) is 11.5. The first-order chi connectivity index (χ1) is 21.5. The van der Waals surface area contributed by atoms with Crippen LogP contribution in [0.15, 0.2) is 146 Å². The summed E-state index contributed by atoms with van der Waals surface area (Å²) in [7, 11) is -3.16. The Hall–Kier alpha value is -5.32. The van der Waals surface area contributed by atoms with Gasteiger partial charge in [-0.25, -0.2) is 23.7 Å². The average Bonchev–Trinajstić information content (AvgIpc) is 3.09. The van der Waals surface area contributed by atoms with Gasteiger partial charge in [0.05, 0.1) is 0 Å². The molecule has 0 bridgehead atoms. The van der Waals surface area contributed by atoms with Crippen LogP contribution < -0.4 is 15.9 Å². The maximum atomic E-state index is 14.8. The molecule has 0 aliphatic heterocycles. The lowest BCUT2D eigenvalue weighted by atomic mass is 10.0. The fraction of sp³-hybridized carbons (Fsp3) is 0. The second-order valence-electron chi connectivity index (χ2n) is 10.3. The van der Waals surface area contributed by atoms with E-state index in [0.29, 0.717) is 50.2 Å². The van der Waals surface area contributed by atoms with Gasteiger partial charge in [0.25, 0.3) is 0 Å². The lowest BCUT2D eigenvalue weighted by Crippen LogP contribution is -2.24. The molecule has 44 heavy (non-hydrogen) atoms. The SMILES string of the molecule is O=P(c1ccccc1)(c1ccccc1)c1ccc(-c2nc(-c3ccc(F)cc3)nc(-c3ccc(F)c4ccccc34)n2)cc1. The molecule has 0 amide bonds. The van der Waals surface area contributed by atoms with Crippen LogP contribution >= 0.6 is 7.14 Å². The lowest BCUT2D eigenvalue weighted by Gasteiger charge is -2.20. The zero-order chi connectivity index (χ0) is 30.1. The summed E-state index contributed by atoms with van der Waals surface area (Å²) < 4.78 is 43.3. The van der Waals surface area contributed by atoms with E-state index in [0.717, 1.165) is 10.6 Å². The van der Waals surface area contributed by atoms with Crippen LogP contribution in [0.25, 0.3) is 44.9 Å². The number of hydrogen-bond acceptors (Lipinski definition) is 4. The number of nitrogens with zero attached hydrogens (tertiary/aromatic N) is 3. The van der Waals surface area contributed by atoms with Crippen LogP contribution in [-0.2, 0) is 4.57 Å². The van der Waals surface area contributed by atoms with Crippen LogP contribution in [0, 0.1) is 11.6 Å². The first-order valence-corrected chi connectivity index (χ1v) is 15.7. The Labute approximate surface area is 253 Å². The van der Waals surface area contributed by atoms with Gasteiger partial charge in [-0.1, -0.05) is 109 Å². The Bertz CT molecular complexity index is 2110. The zero-order valence-corrected chi connectivity index (χ0v) is 24.2. The molecule has 0 radical (unpaired) electrons. The summed E-state index contributed by atoms with van der Waals surface area (Å²) in [4.78, 5) is 14.3. The summed E-state index contributed by atoms with van der Waals surface area (Å²) >= 11 is 0. The highest BCUT2D eigenvalue weighted by Crippen LogP contribution is 2.42. The molecule has 0 unspecified atom stereocenters. The molecule has 0 fully saturated rings. The van der Waals surface area contributed by atoms with E-state index in [1.165, 1.54) is 18.2 Å². The second-order valence-corrected chi connectivity index (χ2v) is 13.0. The molecule has 212 valence electrons. The van der Waals surface area contributed by atoms with Crippen LogP contribution in [0.3, 0.4) is 0 Å². The minimum absolute atomic E-state index is 0.339. The highest BCUT2D eigenvalue weighted by atomic mass is 31.2. The lowest BCUT2D eigenvalue weighted by molar-refractivity contribution is 0.592. The summed E-state index contributed by atoms with van der Waals surface area (Å²) in [6, 6.07) is 42.5. The van der Waals surface area contributed by atoms with Crippen molar-refractivity contribution in [3.8, 4) is 34.2 Å². The molecule has 1 aromatic heterocycles. The van der Waals surface area contributed by atoms with Crippen LogP contribution in [-0.4, -0.2) is 15.0 Å². The van der Waals surface area contributed by atoms with E-state index in [-0.39, 0.29) is 11.6 Å². The van der Waals surface area contributed by atoms with Crippen molar-refractivity contribution in [2.75, 3.05) is 0 Å². The van der Waals surface area contributed by atoms with E-state index in [9.17, 15) is 13.3 Å². The van der Waals surface area contributed by atoms with Crippen LogP contribution in [0.4, 0.5) is 8.78 Å². The Balaban J connectivity index is 1.38. The second kappa shape index (κ2) is 11.4. The Morgan fingerprint density at radius 3 is 1.45 bits per heavy atom. The highest BCUT2D eigenvalue weighted by Gasteiger charge is 2.29. The smallest absolute Gasteiger partial charge is 0.171 e. The fourth-order valence-corrected chi connectivity index (χ4v) is 8.00. The van der Waals surface area contributed by atoms with Crippen LogP contribution in [0.5, 0.6) is 0 Å². The van der Waals surface area contributed by atoms with Crippen molar-refractivity contribution in [3.63, 3.8) is 0 Å². The number of hydrogen-bond donors (Lipinski definition) is 0. The van der Waals surface area contributed by atoms with Gasteiger partial charge >= 0.3 is 0 Å². The maximum Gasteiger partial charge on any atom is 0.171 e. The summed E-state index contributed by atoms with van der Waals surface area (Å²) in [5, 5.41) is 3.27. The first kappa shape index (κ1) is 27.5. The van der Waals surface area contributed by atoms with E-state index in [2.05, 4.69) is 0 Å². The van der Waals surface area contributed by atoms with Crippen molar-refractivity contribution < 1.29 is 13.3 Å². The van der Waals surface area contributed by atoms with Gasteiger partial charge in [0.15, 0.2) is 24.6 Å². The predicted molar refractivity (Wildman–Crippen MR) is 173 cm³/mol. The summed E-state index contributed by atoms with van der Waals surface area (Å²) in [5.41, 5.74) is 1.93. The van der Waals surface area contributed by atoms with E-state index in [4.69, 9.17) is 15.0 Å². The van der Waals surface area contributed by atoms with Crippen molar-refractivity contribution >= 4 is 33.8 Å². The van der Waals surface area contributed by atoms with Gasteiger partial charge in [-0.05, 0) is 41.8 Å². The van der Waals surface area contributed by atoms with Crippen molar-refractivity contribution in [1.29, 1.82) is 0 Å². The molecule has 0 aliphatic carbocycles. The maximum absolute atomic E-state index is 14.8. The molecular weight excluding hydrogens is 571 g/mol. The summed E-state index contributed by atoms with van der Waals surface area (Å²) in [6.45, 7) is 0. The molecule has 0 N–H and O–H groups in total. The number of rotatable bonds is 6. The Morgan fingerprint density at radius 1 is 0.432 bits per heavy atom. The fourth-order valence-electron chi connectivity index (χ4n) is 5.35. The van der Waals surface area contributed by atoms with E-state index < -0.39 is 7.14 Å². The number of benzene rings is 6. The van der Waals surface area contributed by atoms with Crippen LogP contribution in [0.2, 0.25) is 0 Å². The molecule has 4 nitrogen and oxygen atoms in total. The minimum Gasteiger partial charge on any atom is -0.309 e. The molecular formula is C37H24F2N3OP. The molecule has 0 saturated carbocycles. The third-order valence-corrected chi connectivity index (χ3v) is 10.7. The van der Waals surface area contributed by atoms with Crippen molar-refractivity contribution in [3.05, 3.63) is 157 Å². The molecule has 7 aromatic rings. The minimum atomic E-state index is -3.16. The van der Waals surface area contributed by atoms with Crippen molar-refractivity contribution in [1.82, 2.24) is 15.0 Å². The topological polar surface area (TPSA) is 55.7 Å². The van der Waals surface area contributed by atoms with Gasteiger partial charge in [-0.2, -0.15) is 0 Å². The van der Waals surface area contributed by atoms with Gasteiger partial charge in [-0.3, -0.25) is 0 Å². The third kappa shape index (κ3) is 5.00. The van der Waals surface area contributed by atoms with Gasteiger partial charge in [0, 0.05) is 38.0 Å². The van der Waals surface area contributed by atoms with E-state index in [1.54, 1.807) is 30.3 Å². The average molecular weight is 596 g/mol. The third-order valence-electron chi connectivity index (χ3n) is 7.58. The van der Waals surface area contributed by atoms with Crippen LogP contribution in [0.1, 0.15) is 0 Å². The molecule has 0 aliphatic rings. The van der Waals surface area contributed by atoms with Gasteiger partial charge in [-0.15, -0.1) is 0 Å². The summed E-state index contributed by atoms with van der Waals surface area (Å²) in [6.07, 6.45) is 0. The number of fused-ring (bicyclic) bond motifs is 1. The van der Waals surface area contributed by atoms with Gasteiger partial charge in [0.2, 0.25) is 0 Å². The molecule has 0 atom stereocenters. The standard InChI is InChI=1S/C37H24F2N3OP/c38-27-19-15-25(16-20-27)35-40-36(42-37(41-35)33-23-24-34(39)32-14-8-7-13-31(32)33)26-17-21-30(22-18-26)44(43,28-9-3-1-4-10-28)29-11-5-2-6-12-29/h1-24H. The monoisotopic (exact) mass is 595 g/mol. The molecule has 7 rings (SSSR count). The Kier molecular flexibility index (Phi) is 7.13. The van der Waals surface area contributed by atoms with Gasteiger partial charge in [0.1, 0.15) is 11.6 Å². The van der Waals surface area contributed by atoms with Gasteiger partial charge < -0.3 is 4.57 Å². The zero-order valence-electron chi connectivity index (χ0n) is 23.3. The molecule has 0 saturated heterocycles. The largest absolute Gasteiger partial charge is 0.309 e. The van der Waals surface area contributed by atoms with E-state index >= 15 is 0 Å². The molecule has 7 heteroatoms. The highest BCUT2D eigenvalue weighted by molar-refractivity contribution is 7.85.